The summed E-state index contributed by atoms with van der Waals surface area (Å²) in [5, 5.41) is 0. The molecule has 0 rings (SSSR count). The van der Waals surface area contributed by atoms with Crippen LogP contribution in [0, 0.1) is 0 Å². The van der Waals surface area contributed by atoms with Crippen molar-refractivity contribution in [2.45, 2.75) is 25.4 Å². The Kier molecular flexibility index (Phi) is 3.78. The van der Waals surface area contributed by atoms with Gasteiger partial charge in [-0.25, -0.2) is 0 Å². The molecular weight excluding hydrogens is 150 g/mol. The van der Waals surface area contributed by atoms with Crippen LogP contribution < -0.4 is 0 Å². The Bertz CT molecular complexity index is 75.6. The molecule has 1 atom stereocenters. The monoisotopic (exact) mass is 165 g/mol. The Morgan fingerprint density at radius 1 is 1.44 bits per heavy atom. The number of halogens is 1. The summed E-state index contributed by atoms with van der Waals surface area (Å²) in [4.78, 5) is 2.26. The quantitative estimate of drug-likeness (QED) is 0.337. The van der Waals surface area contributed by atoms with Crippen molar-refractivity contribution in [1.82, 2.24) is 4.90 Å². The number of hydrogen-bond donors (Lipinski definition) is 0. The summed E-state index contributed by atoms with van der Waals surface area (Å²) in [6.45, 7) is 8.47. The molecule has 0 aromatic heterocycles. The van der Waals surface area contributed by atoms with Crippen LogP contribution in [0.25, 0.3) is 0 Å². The van der Waals surface area contributed by atoms with E-state index in [9.17, 15) is 0 Å². The molecule has 0 aromatic carbocycles. The lowest BCUT2D eigenvalue weighted by molar-refractivity contribution is 0.262. The predicted octanol–water partition coefficient (Wildman–Crippen LogP) is 0.606. The SMILES string of the molecule is CCN(CC)C(C)([SiH3])Cl. The smallest absolute Gasteiger partial charge is 0.0721 e. The molecule has 0 amide bonds. The van der Waals surface area contributed by atoms with Gasteiger partial charge in [-0.05, 0) is 20.0 Å². The van der Waals surface area contributed by atoms with Crippen molar-refractivity contribution >= 4 is 21.8 Å². The highest BCUT2D eigenvalue weighted by Crippen LogP contribution is 2.13. The molecule has 0 saturated heterocycles. The first-order valence-electron chi connectivity index (χ1n) is 3.46. The molecule has 0 fully saturated rings. The van der Waals surface area contributed by atoms with Gasteiger partial charge in [0.1, 0.15) is 0 Å². The lowest BCUT2D eigenvalue weighted by Gasteiger charge is -2.31. The summed E-state index contributed by atoms with van der Waals surface area (Å²) in [5.74, 6) is 0. The zero-order chi connectivity index (χ0) is 7.49. The van der Waals surface area contributed by atoms with E-state index in [1.54, 1.807) is 0 Å². The van der Waals surface area contributed by atoms with Gasteiger partial charge in [0, 0.05) is 10.2 Å². The Labute approximate surface area is 65.8 Å². The van der Waals surface area contributed by atoms with Crippen LogP contribution in [0.2, 0.25) is 0 Å². The maximum Gasteiger partial charge on any atom is 0.0721 e. The third-order valence-corrected chi connectivity index (χ3v) is 2.39. The molecule has 0 aromatic rings. The van der Waals surface area contributed by atoms with Crippen molar-refractivity contribution in [2.24, 2.45) is 0 Å². The standard InChI is InChI=1S/C6H16ClNSi/c1-4-8(5-2)6(3,7)9/h4-5H2,1-3,9H3. The Hall–Kier alpha value is 0.467. The van der Waals surface area contributed by atoms with Crippen LogP contribution in [0.15, 0.2) is 0 Å². The fourth-order valence-electron chi connectivity index (χ4n) is 0.976. The molecule has 56 valence electrons. The zero-order valence-electron chi connectivity index (χ0n) is 6.74. The average Bonchev–Trinajstić information content (AvgIpc) is 1.65. The molecule has 0 N–H and O–H groups in total. The van der Waals surface area contributed by atoms with Crippen LogP contribution in [0.1, 0.15) is 20.8 Å². The van der Waals surface area contributed by atoms with Crippen LogP contribution in [0.3, 0.4) is 0 Å². The van der Waals surface area contributed by atoms with Crippen molar-refractivity contribution < 1.29 is 0 Å². The lowest BCUT2D eigenvalue weighted by Crippen LogP contribution is -2.41. The molecule has 1 nitrogen and oxygen atoms in total. The second-order valence-corrected chi connectivity index (χ2v) is 6.09. The van der Waals surface area contributed by atoms with Crippen molar-refractivity contribution in [3.63, 3.8) is 0 Å². The second-order valence-electron chi connectivity index (χ2n) is 2.58. The Morgan fingerprint density at radius 2 is 1.78 bits per heavy atom. The highest BCUT2D eigenvalue weighted by molar-refractivity contribution is 6.43. The zero-order valence-corrected chi connectivity index (χ0v) is 9.50. The first-order chi connectivity index (χ1) is 4.02. The summed E-state index contributed by atoms with van der Waals surface area (Å²) in [6, 6.07) is 0. The first-order valence-corrected chi connectivity index (χ1v) is 4.84. The van der Waals surface area contributed by atoms with Crippen LogP contribution >= 0.6 is 11.6 Å². The van der Waals surface area contributed by atoms with Gasteiger partial charge in [-0.1, -0.05) is 13.8 Å². The summed E-state index contributed by atoms with van der Waals surface area (Å²) in [5.41, 5.74) is 0. The summed E-state index contributed by atoms with van der Waals surface area (Å²) in [7, 11) is 1.02. The van der Waals surface area contributed by atoms with E-state index >= 15 is 0 Å². The number of hydrogen-bond acceptors (Lipinski definition) is 1. The van der Waals surface area contributed by atoms with Gasteiger partial charge >= 0.3 is 0 Å². The molecule has 0 radical (unpaired) electrons. The van der Waals surface area contributed by atoms with E-state index in [1.165, 1.54) is 0 Å². The lowest BCUT2D eigenvalue weighted by atomic mass is 10.5. The highest BCUT2D eigenvalue weighted by Gasteiger charge is 2.19. The van der Waals surface area contributed by atoms with E-state index in [0.29, 0.717) is 0 Å². The molecule has 0 heterocycles. The average molecular weight is 166 g/mol. The highest BCUT2D eigenvalue weighted by atomic mass is 35.5. The topological polar surface area (TPSA) is 3.24 Å². The molecule has 0 spiro atoms. The van der Waals surface area contributed by atoms with Gasteiger partial charge in [0.25, 0.3) is 0 Å². The van der Waals surface area contributed by atoms with Crippen LogP contribution in [0.5, 0.6) is 0 Å². The fraction of sp³-hybridized carbons (Fsp3) is 1.00. The van der Waals surface area contributed by atoms with E-state index in [-0.39, 0.29) is 4.62 Å². The predicted molar refractivity (Wildman–Crippen MR) is 47.1 cm³/mol. The minimum atomic E-state index is -0.0382. The minimum absolute atomic E-state index is 0.0382. The molecule has 0 aliphatic rings. The first kappa shape index (κ1) is 9.47. The summed E-state index contributed by atoms with van der Waals surface area (Å²) < 4.78 is -0.0382. The molecule has 0 saturated carbocycles. The molecule has 0 aliphatic carbocycles. The largest absolute Gasteiger partial charge is 0.289 e. The van der Waals surface area contributed by atoms with E-state index < -0.39 is 0 Å². The van der Waals surface area contributed by atoms with E-state index in [4.69, 9.17) is 11.6 Å². The molecular formula is C6H16ClNSi. The van der Waals surface area contributed by atoms with Crippen LogP contribution in [-0.4, -0.2) is 32.9 Å². The van der Waals surface area contributed by atoms with E-state index in [2.05, 4.69) is 25.7 Å². The fourth-order valence-corrected chi connectivity index (χ4v) is 1.85. The maximum absolute atomic E-state index is 6.09. The second kappa shape index (κ2) is 3.59. The van der Waals surface area contributed by atoms with Gasteiger partial charge in [-0.2, -0.15) is 0 Å². The Morgan fingerprint density at radius 3 is 1.78 bits per heavy atom. The van der Waals surface area contributed by atoms with E-state index in [1.807, 2.05) is 0 Å². The van der Waals surface area contributed by atoms with Gasteiger partial charge in [-0.3, -0.25) is 4.90 Å². The number of rotatable bonds is 3. The van der Waals surface area contributed by atoms with Gasteiger partial charge in [0.15, 0.2) is 0 Å². The number of nitrogens with zero attached hydrogens (tertiary/aromatic N) is 1. The van der Waals surface area contributed by atoms with Crippen molar-refractivity contribution in [3.8, 4) is 0 Å². The van der Waals surface area contributed by atoms with Gasteiger partial charge < -0.3 is 0 Å². The van der Waals surface area contributed by atoms with Crippen molar-refractivity contribution in [2.75, 3.05) is 13.1 Å². The van der Waals surface area contributed by atoms with Crippen LogP contribution in [-0.2, 0) is 0 Å². The summed E-state index contributed by atoms with van der Waals surface area (Å²) >= 11 is 6.09. The van der Waals surface area contributed by atoms with Gasteiger partial charge in [0.2, 0.25) is 0 Å². The molecule has 9 heavy (non-hydrogen) atoms. The summed E-state index contributed by atoms with van der Waals surface area (Å²) in [6.07, 6.45) is 0. The molecule has 1 unspecified atom stereocenters. The minimum Gasteiger partial charge on any atom is -0.289 e. The van der Waals surface area contributed by atoms with Gasteiger partial charge in [-0.15, -0.1) is 11.6 Å². The van der Waals surface area contributed by atoms with Gasteiger partial charge in [0.05, 0.1) is 4.62 Å². The van der Waals surface area contributed by atoms with E-state index in [0.717, 1.165) is 23.3 Å². The normalized spacial score (nSPS) is 18.3. The van der Waals surface area contributed by atoms with Crippen molar-refractivity contribution in [1.29, 1.82) is 0 Å². The molecule has 0 bridgehead atoms. The van der Waals surface area contributed by atoms with Crippen molar-refractivity contribution in [3.05, 3.63) is 0 Å². The Balaban J connectivity index is 3.79. The third kappa shape index (κ3) is 3.23. The maximum atomic E-state index is 6.09. The molecule has 3 heteroatoms. The number of alkyl halides is 1. The van der Waals surface area contributed by atoms with Crippen LogP contribution in [0.4, 0.5) is 0 Å². The third-order valence-electron chi connectivity index (χ3n) is 1.52. The molecule has 0 aliphatic heterocycles.